The topological polar surface area (TPSA) is 101 Å². The molecule has 16 heavy (non-hydrogen) atoms. The Morgan fingerprint density at radius 2 is 2.31 bits per heavy atom. The first-order valence-electron chi connectivity index (χ1n) is 4.55. The Labute approximate surface area is 93.2 Å². The van der Waals surface area contributed by atoms with E-state index < -0.39 is 28.2 Å². The van der Waals surface area contributed by atoms with Crippen LogP contribution in [0.1, 0.15) is 12.1 Å². The largest absolute Gasteiger partial charge is 0.481 e. The van der Waals surface area contributed by atoms with Gasteiger partial charge in [0.05, 0.1) is 30.7 Å². The fraction of sp³-hybridized carbons (Fsp3) is 0.500. The molecular weight excluding hydrogens is 234 g/mol. The molecule has 0 aliphatic rings. The zero-order valence-corrected chi connectivity index (χ0v) is 9.57. The Morgan fingerprint density at radius 1 is 1.62 bits per heavy atom. The third kappa shape index (κ3) is 4.41. The minimum absolute atomic E-state index is 0.0722. The number of rotatable bonds is 6. The first kappa shape index (κ1) is 12.7. The molecule has 8 heteroatoms. The van der Waals surface area contributed by atoms with Crippen LogP contribution >= 0.6 is 0 Å². The van der Waals surface area contributed by atoms with Crippen LogP contribution in [0.3, 0.4) is 0 Å². The molecule has 1 aromatic rings. The number of imidazole rings is 1. The van der Waals surface area contributed by atoms with Gasteiger partial charge in [-0.05, 0) is 0 Å². The predicted molar refractivity (Wildman–Crippen MR) is 56.1 cm³/mol. The van der Waals surface area contributed by atoms with Crippen LogP contribution in [-0.2, 0) is 28.4 Å². The number of nitrogens with zero attached hydrogens (tertiary/aromatic N) is 2. The van der Waals surface area contributed by atoms with Crippen molar-refractivity contribution in [3.8, 4) is 0 Å². The lowest BCUT2D eigenvalue weighted by atomic mass is 10.5. The van der Waals surface area contributed by atoms with Gasteiger partial charge in [0.25, 0.3) is 0 Å². The highest BCUT2D eigenvalue weighted by molar-refractivity contribution is 7.89. The standard InChI is InChI=1S/C8H13N3O4S/c1-11-5-7(9-6-11)4-10-16(14,15)3-2-8(12)13/h5-6,10H,2-4H2,1H3,(H,12,13). The number of carboxylic acids is 1. The van der Waals surface area contributed by atoms with E-state index in [-0.39, 0.29) is 6.54 Å². The highest BCUT2D eigenvalue weighted by Gasteiger charge is 2.12. The molecule has 0 radical (unpaired) electrons. The third-order valence-electron chi connectivity index (χ3n) is 1.82. The monoisotopic (exact) mass is 247 g/mol. The first-order valence-corrected chi connectivity index (χ1v) is 6.20. The third-order valence-corrected chi connectivity index (χ3v) is 3.14. The highest BCUT2D eigenvalue weighted by Crippen LogP contribution is 1.96. The van der Waals surface area contributed by atoms with Crippen LogP contribution in [0.25, 0.3) is 0 Å². The highest BCUT2D eigenvalue weighted by atomic mass is 32.2. The molecule has 1 aromatic heterocycles. The van der Waals surface area contributed by atoms with Gasteiger partial charge in [-0.1, -0.05) is 0 Å². The van der Waals surface area contributed by atoms with Gasteiger partial charge in [0, 0.05) is 13.2 Å². The molecule has 0 fully saturated rings. The van der Waals surface area contributed by atoms with Gasteiger partial charge < -0.3 is 9.67 Å². The van der Waals surface area contributed by atoms with E-state index in [1.807, 2.05) is 0 Å². The second kappa shape index (κ2) is 5.08. The minimum atomic E-state index is -3.55. The van der Waals surface area contributed by atoms with E-state index in [4.69, 9.17) is 5.11 Å². The Hall–Kier alpha value is -1.41. The van der Waals surface area contributed by atoms with Crippen molar-refractivity contribution in [1.29, 1.82) is 0 Å². The quantitative estimate of drug-likeness (QED) is 0.693. The van der Waals surface area contributed by atoms with Crippen molar-refractivity contribution in [2.24, 2.45) is 7.05 Å². The second-order valence-corrected chi connectivity index (χ2v) is 5.24. The lowest BCUT2D eigenvalue weighted by Gasteiger charge is -2.02. The summed E-state index contributed by atoms with van der Waals surface area (Å²) in [4.78, 5) is 14.1. The van der Waals surface area contributed by atoms with Gasteiger partial charge in [0.1, 0.15) is 0 Å². The summed E-state index contributed by atoms with van der Waals surface area (Å²) in [6.45, 7) is 0.0722. The molecule has 7 nitrogen and oxygen atoms in total. The van der Waals surface area contributed by atoms with Crippen molar-refractivity contribution in [3.63, 3.8) is 0 Å². The number of aliphatic carboxylic acids is 1. The molecule has 90 valence electrons. The summed E-state index contributed by atoms with van der Waals surface area (Å²) in [6.07, 6.45) is 2.83. The molecule has 0 spiro atoms. The number of nitrogens with one attached hydrogen (secondary N) is 1. The van der Waals surface area contributed by atoms with Crippen molar-refractivity contribution in [1.82, 2.24) is 14.3 Å². The second-order valence-electron chi connectivity index (χ2n) is 3.31. The zero-order valence-electron chi connectivity index (χ0n) is 8.75. The number of carboxylic acid groups (broad SMARTS) is 1. The first-order chi connectivity index (χ1) is 7.39. The van der Waals surface area contributed by atoms with E-state index in [2.05, 4.69) is 9.71 Å². The number of hydrogen-bond donors (Lipinski definition) is 2. The predicted octanol–water partition coefficient (Wildman–Crippen LogP) is -0.686. The lowest BCUT2D eigenvalue weighted by Crippen LogP contribution is -2.27. The van der Waals surface area contributed by atoms with E-state index in [1.165, 1.54) is 0 Å². The molecule has 0 aliphatic heterocycles. The van der Waals surface area contributed by atoms with Gasteiger partial charge in [-0.2, -0.15) is 0 Å². The molecule has 0 saturated heterocycles. The SMILES string of the molecule is Cn1cnc(CNS(=O)(=O)CCC(=O)O)c1. The van der Waals surface area contributed by atoms with Gasteiger partial charge in [-0.15, -0.1) is 0 Å². The lowest BCUT2D eigenvalue weighted by molar-refractivity contribution is -0.136. The summed E-state index contributed by atoms with van der Waals surface area (Å²) >= 11 is 0. The summed E-state index contributed by atoms with van der Waals surface area (Å²) in [7, 11) is -1.77. The Balaban J connectivity index is 2.45. The van der Waals surface area contributed by atoms with E-state index >= 15 is 0 Å². The van der Waals surface area contributed by atoms with Crippen LogP contribution in [0.5, 0.6) is 0 Å². The molecule has 0 saturated carbocycles. The molecule has 1 rings (SSSR count). The summed E-state index contributed by atoms with van der Waals surface area (Å²) in [5, 5.41) is 8.36. The van der Waals surface area contributed by atoms with Gasteiger partial charge in [-0.25, -0.2) is 18.1 Å². The number of aryl methyl sites for hydroxylation is 1. The molecule has 0 amide bonds. The van der Waals surface area contributed by atoms with Crippen molar-refractivity contribution >= 4 is 16.0 Å². The number of sulfonamides is 1. The van der Waals surface area contributed by atoms with Gasteiger partial charge >= 0.3 is 5.97 Å². The maximum atomic E-state index is 11.3. The average Bonchev–Trinajstić information content (AvgIpc) is 2.59. The van der Waals surface area contributed by atoms with E-state index in [0.717, 1.165) is 0 Å². The van der Waals surface area contributed by atoms with Crippen LogP contribution in [0.2, 0.25) is 0 Å². The molecule has 0 atom stereocenters. The summed E-state index contributed by atoms with van der Waals surface area (Å²) in [5.41, 5.74) is 0.585. The summed E-state index contributed by atoms with van der Waals surface area (Å²) in [6, 6.07) is 0. The number of hydrogen-bond acceptors (Lipinski definition) is 4. The van der Waals surface area contributed by atoms with Crippen molar-refractivity contribution in [3.05, 3.63) is 18.2 Å². The molecule has 2 N–H and O–H groups in total. The maximum Gasteiger partial charge on any atom is 0.304 e. The normalized spacial score (nSPS) is 11.6. The van der Waals surface area contributed by atoms with Crippen molar-refractivity contribution in [2.45, 2.75) is 13.0 Å². The molecule has 0 aliphatic carbocycles. The number of carbonyl (C=O) groups is 1. The van der Waals surface area contributed by atoms with Crippen LogP contribution < -0.4 is 4.72 Å². The minimum Gasteiger partial charge on any atom is -0.481 e. The molecular formula is C8H13N3O4S. The zero-order chi connectivity index (χ0) is 12.2. The maximum absolute atomic E-state index is 11.3. The van der Waals surface area contributed by atoms with Gasteiger partial charge in [0.15, 0.2) is 0 Å². The van der Waals surface area contributed by atoms with E-state index in [1.54, 1.807) is 24.1 Å². The van der Waals surface area contributed by atoms with Crippen molar-refractivity contribution in [2.75, 3.05) is 5.75 Å². The van der Waals surface area contributed by atoms with Crippen LogP contribution in [0.15, 0.2) is 12.5 Å². The van der Waals surface area contributed by atoms with Gasteiger partial charge in [0.2, 0.25) is 10.0 Å². The summed E-state index contributed by atoms with van der Waals surface area (Å²) in [5.74, 6) is -1.56. The van der Waals surface area contributed by atoms with Crippen LogP contribution in [-0.4, -0.2) is 34.8 Å². The fourth-order valence-electron chi connectivity index (χ4n) is 1.04. The summed E-state index contributed by atoms with van der Waals surface area (Å²) < 4.78 is 26.6. The van der Waals surface area contributed by atoms with E-state index in [0.29, 0.717) is 5.69 Å². The Morgan fingerprint density at radius 3 is 2.81 bits per heavy atom. The van der Waals surface area contributed by atoms with Crippen LogP contribution in [0, 0.1) is 0 Å². The number of aromatic nitrogens is 2. The Bertz CT molecular complexity index is 465. The average molecular weight is 247 g/mol. The Kier molecular flexibility index (Phi) is 4.02. The molecule has 0 unspecified atom stereocenters. The fourth-order valence-corrected chi connectivity index (χ4v) is 1.99. The molecule has 1 heterocycles. The van der Waals surface area contributed by atoms with Crippen LogP contribution in [0.4, 0.5) is 0 Å². The smallest absolute Gasteiger partial charge is 0.304 e. The van der Waals surface area contributed by atoms with Gasteiger partial charge in [-0.3, -0.25) is 4.79 Å². The van der Waals surface area contributed by atoms with E-state index in [9.17, 15) is 13.2 Å². The molecule has 0 bridgehead atoms. The van der Waals surface area contributed by atoms with Crippen molar-refractivity contribution < 1.29 is 18.3 Å². The molecule has 0 aromatic carbocycles.